The Morgan fingerprint density at radius 1 is 1.27 bits per heavy atom. The van der Waals surface area contributed by atoms with Crippen LogP contribution in [0.1, 0.15) is 30.9 Å². The molecule has 3 rings (SSSR count). The van der Waals surface area contributed by atoms with E-state index in [2.05, 4.69) is 19.2 Å². The molecule has 1 unspecified atom stereocenters. The van der Waals surface area contributed by atoms with E-state index in [0.717, 1.165) is 11.1 Å². The van der Waals surface area contributed by atoms with Gasteiger partial charge in [-0.2, -0.15) is 5.26 Å². The van der Waals surface area contributed by atoms with Crippen molar-refractivity contribution >= 4 is 40.9 Å². The molecule has 1 aliphatic heterocycles. The lowest BCUT2D eigenvalue weighted by Gasteiger charge is -2.19. The Bertz CT molecular complexity index is 1040. The molecule has 1 fully saturated rings. The van der Waals surface area contributed by atoms with Crippen LogP contribution in [0.4, 0.5) is 5.69 Å². The van der Waals surface area contributed by atoms with Crippen LogP contribution in [0, 0.1) is 11.3 Å². The summed E-state index contributed by atoms with van der Waals surface area (Å²) in [6, 6.07) is 17.0. The summed E-state index contributed by atoms with van der Waals surface area (Å²) in [5.74, 6) is -0.322. The number of thioether (sulfide) groups is 1. The summed E-state index contributed by atoms with van der Waals surface area (Å²) in [7, 11) is 1.47. The molecule has 0 saturated carbocycles. The van der Waals surface area contributed by atoms with Crippen LogP contribution < -0.4 is 10.2 Å². The van der Waals surface area contributed by atoms with E-state index in [-0.39, 0.29) is 11.5 Å². The first-order chi connectivity index (χ1) is 14.3. The summed E-state index contributed by atoms with van der Waals surface area (Å²) in [6.07, 6.45) is 0.445. The number of amides is 2. The molecule has 0 radical (unpaired) electrons. The number of halogens is 1. The molecule has 2 amide bonds. The van der Waals surface area contributed by atoms with Crippen LogP contribution in [-0.2, 0) is 16.0 Å². The Balaban J connectivity index is 2.03. The average molecular weight is 440 g/mol. The molecule has 1 atom stereocenters. The van der Waals surface area contributed by atoms with E-state index in [0.29, 0.717) is 28.1 Å². The Kier molecular flexibility index (Phi) is 6.86. The molecular weight excluding hydrogens is 418 g/mol. The van der Waals surface area contributed by atoms with Crippen LogP contribution in [0.3, 0.4) is 0 Å². The van der Waals surface area contributed by atoms with Crippen molar-refractivity contribution in [2.45, 2.75) is 31.4 Å². The minimum absolute atomic E-state index is 0.0719. The Hall–Kier alpha value is -2.75. The third kappa shape index (κ3) is 4.53. The second-order valence-corrected chi connectivity index (χ2v) is 8.86. The highest BCUT2D eigenvalue weighted by Crippen LogP contribution is 2.42. The fraction of sp³-hybridized carbons (Fsp3) is 0.261. The maximum Gasteiger partial charge on any atom is 0.264 e. The predicted molar refractivity (Wildman–Crippen MR) is 121 cm³/mol. The van der Waals surface area contributed by atoms with Gasteiger partial charge in [0.05, 0.1) is 5.25 Å². The Morgan fingerprint density at radius 3 is 2.53 bits per heavy atom. The summed E-state index contributed by atoms with van der Waals surface area (Å²) in [5.41, 5.74) is 2.63. The third-order valence-electron chi connectivity index (χ3n) is 4.86. The van der Waals surface area contributed by atoms with Crippen molar-refractivity contribution in [1.82, 2.24) is 5.32 Å². The normalized spacial score (nSPS) is 17.8. The zero-order chi connectivity index (χ0) is 21.8. The molecule has 0 spiro atoms. The highest BCUT2D eigenvalue weighted by Gasteiger charge is 2.40. The number of likely N-dealkylation sites (N-methyl/N-ethyl adjacent to an activating group) is 1. The molecule has 0 aromatic heterocycles. The molecule has 30 heavy (non-hydrogen) atoms. The fourth-order valence-electron chi connectivity index (χ4n) is 3.23. The molecule has 5 nitrogen and oxygen atoms in total. The van der Waals surface area contributed by atoms with Gasteiger partial charge in [0, 0.05) is 17.8 Å². The van der Waals surface area contributed by atoms with Gasteiger partial charge in [-0.05, 0) is 47.7 Å². The molecule has 1 aliphatic rings. The van der Waals surface area contributed by atoms with E-state index in [9.17, 15) is 14.9 Å². The van der Waals surface area contributed by atoms with E-state index < -0.39 is 11.2 Å². The summed E-state index contributed by atoms with van der Waals surface area (Å²) in [4.78, 5) is 27.1. The van der Waals surface area contributed by atoms with Crippen molar-refractivity contribution in [3.63, 3.8) is 0 Å². The monoisotopic (exact) mass is 439 g/mol. The summed E-state index contributed by atoms with van der Waals surface area (Å²) >= 11 is 7.32. The van der Waals surface area contributed by atoms with Gasteiger partial charge in [-0.25, -0.2) is 0 Å². The molecule has 0 bridgehead atoms. The van der Waals surface area contributed by atoms with Gasteiger partial charge in [0.25, 0.3) is 5.91 Å². The van der Waals surface area contributed by atoms with Crippen LogP contribution in [0.15, 0.2) is 59.1 Å². The predicted octanol–water partition coefficient (Wildman–Crippen LogP) is 4.64. The Labute approximate surface area is 185 Å². The molecule has 2 aromatic rings. The second kappa shape index (κ2) is 9.38. The number of carbonyl (C=O) groups excluding carboxylic acids is 2. The number of hydrogen-bond donors (Lipinski definition) is 1. The van der Waals surface area contributed by atoms with Crippen molar-refractivity contribution in [1.29, 1.82) is 5.26 Å². The number of nitrogens with one attached hydrogen (secondary N) is 1. The first-order valence-electron chi connectivity index (χ1n) is 9.57. The summed E-state index contributed by atoms with van der Waals surface area (Å²) < 4.78 is 0. The minimum Gasteiger partial charge on any atom is -0.354 e. The second-order valence-electron chi connectivity index (χ2n) is 7.23. The van der Waals surface area contributed by atoms with Gasteiger partial charge in [-0.1, -0.05) is 61.5 Å². The van der Waals surface area contributed by atoms with E-state index in [1.165, 1.54) is 23.7 Å². The van der Waals surface area contributed by atoms with Gasteiger partial charge in [-0.15, -0.1) is 0 Å². The molecule has 1 saturated heterocycles. The quantitative estimate of drug-likeness (QED) is 0.544. The van der Waals surface area contributed by atoms with Crippen LogP contribution >= 0.6 is 23.4 Å². The van der Waals surface area contributed by atoms with E-state index in [4.69, 9.17) is 11.6 Å². The zero-order valence-electron chi connectivity index (χ0n) is 17.0. The molecule has 2 aromatic carbocycles. The molecule has 7 heteroatoms. The third-order valence-corrected chi connectivity index (χ3v) is 6.36. The average Bonchev–Trinajstić information content (AvgIpc) is 3.04. The number of nitriles is 1. The molecule has 1 N–H and O–H groups in total. The van der Waals surface area contributed by atoms with Crippen molar-refractivity contribution < 1.29 is 9.59 Å². The number of nitrogens with zero attached hydrogens (tertiary/aromatic N) is 2. The first kappa shape index (κ1) is 21.9. The number of benzene rings is 2. The van der Waals surface area contributed by atoms with Gasteiger partial charge in [-0.3, -0.25) is 14.5 Å². The van der Waals surface area contributed by atoms with Crippen molar-refractivity contribution in [3.8, 4) is 6.07 Å². The molecule has 1 heterocycles. The van der Waals surface area contributed by atoms with Gasteiger partial charge in [0.15, 0.2) is 0 Å². The van der Waals surface area contributed by atoms with Crippen LogP contribution in [0.2, 0.25) is 5.02 Å². The SMILES string of the molecule is CNC(=O)/C(C#N)=C1\SC(Cc2cccc(Cl)c2)C(=O)N1c1ccc(C(C)C)cc1. The van der Waals surface area contributed by atoms with Gasteiger partial charge < -0.3 is 5.32 Å². The standard InChI is InChI=1S/C23H22ClN3O2S/c1-14(2)16-7-9-18(10-8-16)27-22(29)20(12-15-5-4-6-17(24)11-15)30-23(27)19(13-25)21(28)26-3/h4-11,14,20H,12H2,1-3H3,(H,26,28)/b23-19-. The van der Waals surface area contributed by atoms with E-state index in [1.807, 2.05) is 48.5 Å². The lowest BCUT2D eigenvalue weighted by Crippen LogP contribution is -2.31. The number of hydrogen-bond acceptors (Lipinski definition) is 4. The Morgan fingerprint density at radius 2 is 1.97 bits per heavy atom. The maximum absolute atomic E-state index is 13.4. The lowest BCUT2D eigenvalue weighted by molar-refractivity contribution is -0.117. The largest absolute Gasteiger partial charge is 0.354 e. The summed E-state index contributed by atoms with van der Waals surface area (Å²) in [5, 5.41) is 12.6. The molecule has 0 aliphatic carbocycles. The first-order valence-corrected chi connectivity index (χ1v) is 10.8. The number of carbonyl (C=O) groups is 2. The number of anilines is 1. The molecular formula is C23H22ClN3O2S. The topological polar surface area (TPSA) is 73.2 Å². The van der Waals surface area contributed by atoms with Crippen LogP contribution in [-0.4, -0.2) is 24.1 Å². The fourth-order valence-corrected chi connectivity index (χ4v) is 4.75. The van der Waals surface area contributed by atoms with Gasteiger partial charge in [0.2, 0.25) is 5.91 Å². The van der Waals surface area contributed by atoms with Crippen molar-refractivity contribution in [3.05, 3.63) is 75.3 Å². The zero-order valence-corrected chi connectivity index (χ0v) is 18.6. The van der Waals surface area contributed by atoms with E-state index >= 15 is 0 Å². The molecule has 154 valence electrons. The smallest absolute Gasteiger partial charge is 0.264 e. The maximum atomic E-state index is 13.4. The highest BCUT2D eigenvalue weighted by atomic mass is 35.5. The van der Waals surface area contributed by atoms with Crippen LogP contribution in [0.25, 0.3) is 0 Å². The van der Waals surface area contributed by atoms with E-state index in [1.54, 1.807) is 6.07 Å². The highest BCUT2D eigenvalue weighted by molar-refractivity contribution is 8.05. The minimum atomic E-state index is -0.514. The lowest BCUT2D eigenvalue weighted by atomic mass is 10.0. The summed E-state index contributed by atoms with van der Waals surface area (Å²) in [6.45, 7) is 4.19. The van der Waals surface area contributed by atoms with Gasteiger partial charge >= 0.3 is 0 Å². The van der Waals surface area contributed by atoms with Crippen molar-refractivity contribution in [2.24, 2.45) is 0 Å². The number of rotatable bonds is 5. The van der Waals surface area contributed by atoms with Gasteiger partial charge in [0.1, 0.15) is 16.7 Å². The van der Waals surface area contributed by atoms with Crippen molar-refractivity contribution in [2.75, 3.05) is 11.9 Å². The van der Waals surface area contributed by atoms with Crippen LogP contribution in [0.5, 0.6) is 0 Å².